The Morgan fingerprint density at radius 2 is 1.90 bits per heavy atom. The van der Waals surface area contributed by atoms with Gasteiger partial charge in [-0.3, -0.25) is 0 Å². The lowest BCUT2D eigenvalue weighted by atomic mass is 10.0. The maximum atomic E-state index is 11.6. The molecule has 1 aliphatic carbocycles. The number of hydrogen-bond donors (Lipinski definition) is 0. The van der Waals surface area contributed by atoms with E-state index in [0.717, 1.165) is 17.0 Å². The van der Waals surface area contributed by atoms with Crippen LogP contribution in [0, 0.1) is 0 Å². The monoisotopic (exact) mass is 291 g/mol. The summed E-state index contributed by atoms with van der Waals surface area (Å²) in [5, 5.41) is 0. The molecular weight excluding hydrogens is 274 g/mol. The average molecular weight is 291 g/mol. The van der Waals surface area contributed by atoms with Crippen molar-refractivity contribution in [1.82, 2.24) is 14.5 Å². The molecule has 0 bridgehead atoms. The second-order valence-corrected chi connectivity index (χ2v) is 8.15. The summed E-state index contributed by atoms with van der Waals surface area (Å²) in [5.74, 6) is 1.89. The molecule has 4 rings (SSSR count). The molecule has 0 atom stereocenters. The predicted molar refractivity (Wildman–Crippen MR) is 76.4 cm³/mol. The van der Waals surface area contributed by atoms with E-state index in [9.17, 15) is 8.42 Å². The number of pyridine rings is 1. The summed E-state index contributed by atoms with van der Waals surface area (Å²) in [6, 6.07) is 4.41. The molecule has 1 aliphatic heterocycles. The van der Waals surface area contributed by atoms with Crippen LogP contribution in [-0.2, 0) is 9.84 Å². The van der Waals surface area contributed by atoms with Gasteiger partial charge < -0.3 is 4.57 Å². The zero-order chi connectivity index (χ0) is 13.7. The number of rotatable bonds is 2. The van der Waals surface area contributed by atoms with Gasteiger partial charge in [-0.15, -0.1) is 0 Å². The first-order valence-electron chi connectivity index (χ1n) is 7.17. The summed E-state index contributed by atoms with van der Waals surface area (Å²) < 4.78 is 25.4. The molecule has 3 heterocycles. The van der Waals surface area contributed by atoms with Gasteiger partial charge in [-0.1, -0.05) is 0 Å². The maximum Gasteiger partial charge on any atom is 0.160 e. The highest BCUT2D eigenvalue weighted by Gasteiger charge is 2.34. The van der Waals surface area contributed by atoms with Crippen molar-refractivity contribution in [2.24, 2.45) is 0 Å². The molecule has 0 aromatic carbocycles. The minimum atomic E-state index is -2.82. The highest BCUT2D eigenvalue weighted by atomic mass is 32.2. The Labute approximate surface area is 118 Å². The number of fused-ring (bicyclic) bond motifs is 1. The normalized spacial score (nSPS) is 23.2. The van der Waals surface area contributed by atoms with Gasteiger partial charge in [0.15, 0.2) is 5.65 Å². The minimum Gasteiger partial charge on any atom is -0.309 e. The SMILES string of the molecule is O=S1(=O)CCC(c2nc3cccnc3n2C2CC2)CC1. The summed E-state index contributed by atoms with van der Waals surface area (Å²) in [6.45, 7) is 0. The van der Waals surface area contributed by atoms with Crippen molar-refractivity contribution < 1.29 is 8.42 Å². The first-order chi connectivity index (χ1) is 9.64. The number of aromatic nitrogens is 3. The fourth-order valence-corrected chi connectivity index (χ4v) is 4.57. The van der Waals surface area contributed by atoms with Crippen molar-refractivity contribution in [1.29, 1.82) is 0 Å². The third-order valence-electron chi connectivity index (χ3n) is 4.31. The van der Waals surface area contributed by atoms with Crippen LogP contribution in [0.4, 0.5) is 0 Å². The molecule has 1 saturated heterocycles. The Kier molecular flexibility index (Phi) is 2.64. The van der Waals surface area contributed by atoms with Gasteiger partial charge in [0.25, 0.3) is 0 Å². The van der Waals surface area contributed by atoms with Crippen LogP contribution in [0.1, 0.15) is 43.5 Å². The van der Waals surface area contributed by atoms with Crippen molar-refractivity contribution in [2.45, 2.75) is 37.6 Å². The predicted octanol–water partition coefficient (Wildman–Crippen LogP) is 2.06. The molecule has 0 amide bonds. The number of nitrogens with zero attached hydrogens (tertiary/aromatic N) is 3. The van der Waals surface area contributed by atoms with Gasteiger partial charge in [0, 0.05) is 18.2 Å². The summed E-state index contributed by atoms with van der Waals surface area (Å²) in [5.41, 5.74) is 1.89. The summed E-state index contributed by atoms with van der Waals surface area (Å²) >= 11 is 0. The van der Waals surface area contributed by atoms with E-state index in [1.165, 1.54) is 12.8 Å². The second kappa shape index (κ2) is 4.28. The molecule has 2 aliphatic rings. The highest BCUT2D eigenvalue weighted by Crippen LogP contribution is 2.41. The summed E-state index contributed by atoms with van der Waals surface area (Å²) in [4.78, 5) is 9.22. The average Bonchev–Trinajstić information content (AvgIpc) is 3.19. The van der Waals surface area contributed by atoms with Gasteiger partial charge in [0.1, 0.15) is 21.2 Å². The van der Waals surface area contributed by atoms with Crippen molar-refractivity contribution in [3.63, 3.8) is 0 Å². The number of imidazole rings is 1. The minimum absolute atomic E-state index is 0.258. The van der Waals surface area contributed by atoms with Crippen LogP contribution in [0.5, 0.6) is 0 Å². The Morgan fingerprint density at radius 3 is 2.60 bits per heavy atom. The van der Waals surface area contributed by atoms with Crippen LogP contribution in [-0.4, -0.2) is 34.5 Å². The Hall–Kier alpha value is -1.43. The first-order valence-corrected chi connectivity index (χ1v) is 8.99. The summed E-state index contributed by atoms with van der Waals surface area (Å²) in [6.07, 6.45) is 5.55. The van der Waals surface area contributed by atoms with Crippen LogP contribution in [0.2, 0.25) is 0 Å². The molecule has 6 heteroatoms. The van der Waals surface area contributed by atoms with E-state index in [-0.39, 0.29) is 5.92 Å². The van der Waals surface area contributed by atoms with E-state index in [4.69, 9.17) is 4.98 Å². The highest BCUT2D eigenvalue weighted by molar-refractivity contribution is 7.91. The lowest BCUT2D eigenvalue weighted by Crippen LogP contribution is -2.24. The van der Waals surface area contributed by atoms with E-state index in [1.54, 1.807) is 6.20 Å². The first kappa shape index (κ1) is 12.3. The molecule has 0 radical (unpaired) electrons. The van der Waals surface area contributed by atoms with E-state index in [2.05, 4.69) is 9.55 Å². The van der Waals surface area contributed by atoms with Gasteiger partial charge in [-0.25, -0.2) is 18.4 Å². The quantitative estimate of drug-likeness (QED) is 0.849. The molecule has 2 aromatic heterocycles. The van der Waals surface area contributed by atoms with Crippen molar-refractivity contribution >= 4 is 21.0 Å². The van der Waals surface area contributed by atoms with Gasteiger partial charge >= 0.3 is 0 Å². The fraction of sp³-hybridized carbons (Fsp3) is 0.571. The summed E-state index contributed by atoms with van der Waals surface area (Å²) in [7, 11) is -2.82. The van der Waals surface area contributed by atoms with Gasteiger partial charge in [0.05, 0.1) is 11.5 Å². The molecular formula is C14H17N3O2S. The van der Waals surface area contributed by atoms with E-state index >= 15 is 0 Å². The molecule has 20 heavy (non-hydrogen) atoms. The zero-order valence-electron chi connectivity index (χ0n) is 11.2. The van der Waals surface area contributed by atoms with E-state index < -0.39 is 9.84 Å². The van der Waals surface area contributed by atoms with Crippen molar-refractivity contribution in [3.05, 3.63) is 24.2 Å². The molecule has 1 saturated carbocycles. The topological polar surface area (TPSA) is 64.8 Å². The Balaban J connectivity index is 1.78. The number of sulfone groups is 1. The van der Waals surface area contributed by atoms with Gasteiger partial charge in [-0.05, 0) is 37.8 Å². The second-order valence-electron chi connectivity index (χ2n) is 5.84. The third kappa shape index (κ3) is 2.02. The van der Waals surface area contributed by atoms with Crippen molar-refractivity contribution in [3.8, 4) is 0 Å². The fourth-order valence-electron chi connectivity index (χ4n) is 3.08. The molecule has 0 unspecified atom stereocenters. The van der Waals surface area contributed by atoms with Gasteiger partial charge in [0.2, 0.25) is 0 Å². The molecule has 106 valence electrons. The van der Waals surface area contributed by atoms with Crippen molar-refractivity contribution in [2.75, 3.05) is 11.5 Å². The lowest BCUT2D eigenvalue weighted by Gasteiger charge is -2.22. The van der Waals surface area contributed by atoms with Crippen LogP contribution >= 0.6 is 0 Å². The molecule has 2 fully saturated rings. The third-order valence-corrected chi connectivity index (χ3v) is 6.02. The Morgan fingerprint density at radius 1 is 1.15 bits per heavy atom. The lowest BCUT2D eigenvalue weighted by molar-refractivity contribution is 0.519. The standard InChI is InChI=1S/C14H17N3O2S/c18-20(19)8-5-10(6-9-20)13-16-12-2-1-7-15-14(12)17(13)11-3-4-11/h1-2,7,10-11H,3-6,8-9H2. The van der Waals surface area contributed by atoms with Crippen LogP contribution < -0.4 is 0 Å². The molecule has 0 N–H and O–H groups in total. The van der Waals surface area contributed by atoms with Crippen LogP contribution in [0.25, 0.3) is 11.2 Å². The van der Waals surface area contributed by atoms with Crippen LogP contribution in [0.15, 0.2) is 18.3 Å². The molecule has 2 aromatic rings. The van der Waals surface area contributed by atoms with Gasteiger partial charge in [-0.2, -0.15) is 0 Å². The maximum absolute atomic E-state index is 11.6. The smallest absolute Gasteiger partial charge is 0.160 e. The zero-order valence-corrected chi connectivity index (χ0v) is 12.0. The Bertz CT molecular complexity index is 748. The number of hydrogen-bond acceptors (Lipinski definition) is 4. The van der Waals surface area contributed by atoms with E-state index in [1.807, 2.05) is 12.1 Å². The molecule has 5 nitrogen and oxygen atoms in total. The molecule has 0 spiro atoms. The van der Waals surface area contributed by atoms with E-state index in [0.29, 0.717) is 30.4 Å². The largest absolute Gasteiger partial charge is 0.309 e. The van der Waals surface area contributed by atoms with Crippen LogP contribution in [0.3, 0.4) is 0 Å².